The van der Waals surface area contributed by atoms with Crippen LogP contribution in [0.4, 0.5) is 0 Å². The molecular formula is C26H24N2O2. The molecule has 0 saturated heterocycles. The van der Waals surface area contributed by atoms with Crippen LogP contribution < -0.4 is 10.6 Å². The molecule has 0 heterocycles. The van der Waals surface area contributed by atoms with E-state index in [1.165, 1.54) is 0 Å². The third-order valence-electron chi connectivity index (χ3n) is 4.53. The molecule has 0 aliphatic rings. The van der Waals surface area contributed by atoms with Gasteiger partial charge in [0.15, 0.2) is 0 Å². The van der Waals surface area contributed by atoms with E-state index in [2.05, 4.69) is 10.6 Å². The summed E-state index contributed by atoms with van der Waals surface area (Å²) < 4.78 is 0. The molecule has 1 atom stereocenters. The highest BCUT2D eigenvalue weighted by Crippen LogP contribution is 2.12. The van der Waals surface area contributed by atoms with Gasteiger partial charge in [-0.3, -0.25) is 9.59 Å². The third-order valence-corrected chi connectivity index (χ3v) is 4.53. The lowest BCUT2D eigenvalue weighted by molar-refractivity contribution is -0.118. The van der Waals surface area contributed by atoms with E-state index in [0.717, 1.165) is 11.1 Å². The average Bonchev–Trinajstić information content (AvgIpc) is 2.80. The minimum atomic E-state index is -0.353. The topological polar surface area (TPSA) is 58.2 Å². The number of benzene rings is 3. The first-order valence-electron chi connectivity index (χ1n) is 9.79. The molecule has 0 unspecified atom stereocenters. The summed E-state index contributed by atoms with van der Waals surface area (Å²) in [4.78, 5) is 25.5. The summed E-state index contributed by atoms with van der Waals surface area (Å²) in [6.07, 6.45) is 5.24. The van der Waals surface area contributed by atoms with Crippen LogP contribution in [0.5, 0.6) is 0 Å². The van der Waals surface area contributed by atoms with Crippen LogP contribution in [0.1, 0.15) is 34.5 Å². The Morgan fingerprint density at radius 1 is 0.800 bits per heavy atom. The average molecular weight is 396 g/mol. The summed E-state index contributed by atoms with van der Waals surface area (Å²) in [6, 6.07) is 28.0. The van der Waals surface area contributed by atoms with Gasteiger partial charge in [-0.2, -0.15) is 0 Å². The summed E-state index contributed by atoms with van der Waals surface area (Å²) in [5.74, 6) is -0.689. The van der Waals surface area contributed by atoms with Gasteiger partial charge in [0.2, 0.25) is 0 Å². The van der Waals surface area contributed by atoms with E-state index in [4.69, 9.17) is 0 Å². The molecule has 0 saturated carbocycles. The van der Waals surface area contributed by atoms with E-state index in [1.807, 2.05) is 79.7 Å². The Morgan fingerprint density at radius 3 is 2.00 bits per heavy atom. The number of rotatable bonds is 7. The quantitative estimate of drug-likeness (QED) is 0.441. The minimum absolute atomic E-state index is 0.179. The Balaban J connectivity index is 1.78. The number of hydrogen-bond donors (Lipinski definition) is 2. The summed E-state index contributed by atoms with van der Waals surface area (Å²) in [6.45, 7) is 1.91. The number of hydrogen-bond acceptors (Lipinski definition) is 2. The molecule has 30 heavy (non-hydrogen) atoms. The molecule has 0 radical (unpaired) electrons. The highest BCUT2D eigenvalue weighted by molar-refractivity contribution is 6.03. The van der Waals surface area contributed by atoms with Crippen molar-refractivity contribution in [2.24, 2.45) is 0 Å². The van der Waals surface area contributed by atoms with Crippen molar-refractivity contribution in [3.8, 4) is 0 Å². The van der Waals surface area contributed by atoms with Crippen molar-refractivity contribution in [2.45, 2.75) is 13.0 Å². The van der Waals surface area contributed by atoms with Gasteiger partial charge in [-0.15, -0.1) is 0 Å². The first-order valence-corrected chi connectivity index (χ1v) is 9.79. The lowest BCUT2D eigenvalue weighted by Gasteiger charge is -2.16. The maximum Gasteiger partial charge on any atom is 0.268 e. The van der Waals surface area contributed by atoms with Crippen molar-refractivity contribution in [1.82, 2.24) is 10.6 Å². The van der Waals surface area contributed by atoms with Gasteiger partial charge in [0.05, 0.1) is 6.04 Å². The maximum absolute atomic E-state index is 12.9. The molecule has 0 aromatic heterocycles. The van der Waals surface area contributed by atoms with Gasteiger partial charge in [-0.1, -0.05) is 91.0 Å². The zero-order valence-electron chi connectivity index (χ0n) is 16.8. The Hall–Kier alpha value is -3.92. The van der Waals surface area contributed by atoms with Crippen LogP contribution in [0.25, 0.3) is 6.08 Å². The molecular weight excluding hydrogens is 372 g/mol. The highest BCUT2D eigenvalue weighted by atomic mass is 16.2. The van der Waals surface area contributed by atoms with E-state index in [9.17, 15) is 9.59 Å². The summed E-state index contributed by atoms with van der Waals surface area (Å²) in [5.41, 5.74) is 2.65. The predicted octanol–water partition coefficient (Wildman–Crippen LogP) is 4.89. The Morgan fingerprint density at radius 2 is 1.37 bits per heavy atom. The second kappa shape index (κ2) is 10.6. The number of nitrogens with one attached hydrogen (secondary N) is 2. The van der Waals surface area contributed by atoms with Crippen molar-refractivity contribution < 1.29 is 9.59 Å². The van der Waals surface area contributed by atoms with Crippen LogP contribution >= 0.6 is 0 Å². The zero-order valence-corrected chi connectivity index (χ0v) is 16.8. The number of carbonyl (C=O) groups is 2. The normalized spacial score (nSPS) is 12.4. The lowest BCUT2D eigenvalue weighted by atomic mass is 10.1. The van der Waals surface area contributed by atoms with Crippen molar-refractivity contribution in [1.29, 1.82) is 0 Å². The number of carbonyl (C=O) groups excluding carboxylic acids is 2. The molecule has 150 valence electrons. The second-order valence-electron chi connectivity index (χ2n) is 6.78. The highest BCUT2D eigenvalue weighted by Gasteiger charge is 2.16. The molecule has 0 fully saturated rings. The smallest absolute Gasteiger partial charge is 0.268 e. The minimum Gasteiger partial charge on any atom is -0.344 e. The Kier molecular flexibility index (Phi) is 7.34. The van der Waals surface area contributed by atoms with Gasteiger partial charge < -0.3 is 10.6 Å². The van der Waals surface area contributed by atoms with Crippen molar-refractivity contribution in [3.05, 3.63) is 126 Å². The monoisotopic (exact) mass is 396 g/mol. The first-order chi connectivity index (χ1) is 14.6. The van der Waals surface area contributed by atoms with Crippen molar-refractivity contribution in [2.75, 3.05) is 0 Å². The van der Waals surface area contributed by atoms with E-state index < -0.39 is 0 Å². The number of allylic oxidation sites excluding steroid dienone is 2. The molecule has 3 aromatic carbocycles. The summed E-state index contributed by atoms with van der Waals surface area (Å²) in [7, 11) is 0. The molecule has 2 N–H and O–H groups in total. The van der Waals surface area contributed by atoms with Gasteiger partial charge in [-0.25, -0.2) is 0 Å². The van der Waals surface area contributed by atoms with E-state index in [0.29, 0.717) is 5.56 Å². The Labute approximate surface area is 177 Å². The molecule has 2 amide bonds. The van der Waals surface area contributed by atoms with E-state index in [1.54, 1.807) is 36.4 Å². The molecule has 0 aliphatic carbocycles. The zero-order chi connectivity index (χ0) is 21.2. The fourth-order valence-corrected chi connectivity index (χ4v) is 2.88. The van der Waals surface area contributed by atoms with E-state index >= 15 is 0 Å². The SMILES string of the molecule is C[C@@H](NC(=O)/C(=C\C=C\c1ccccc1)NC(=O)c1ccccc1)c1ccccc1. The number of amides is 2. The molecule has 0 bridgehead atoms. The summed E-state index contributed by atoms with van der Waals surface area (Å²) in [5, 5.41) is 5.68. The standard InChI is InChI=1S/C26H24N2O2/c1-20(22-15-7-3-8-16-22)27-26(30)24(19-11-14-21-12-5-2-6-13-21)28-25(29)23-17-9-4-10-18-23/h2-20H,1H3,(H,27,30)(H,28,29)/b14-11+,24-19+/t20-/m1/s1. The van der Waals surface area contributed by atoms with Gasteiger partial charge in [0.1, 0.15) is 5.70 Å². The van der Waals surface area contributed by atoms with Crippen LogP contribution in [0, 0.1) is 0 Å². The largest absolute Gasteiger partial charge is 0.344 e. The predicted molar refractivity (Wildman–Crippen MR) is 120 cm³/mol. The molecule has 3 rings (SSSR count). The Bertz CT molecular complexity index is 1030. The lowest BCUT2D eigenvalue weighted by Crippen LogP contribution is -2.36. The second-order valence-corrected chi connectivity index (χ2v) is 6.78. The fraction of sp³-hybridized carbons (Fsp3) is 0.0769. The van der Waals surface area contributed by atoms with Gasteiger partial charge in [0, 0.05) is 5.56 Å². The van der Waals surface area contributed by atoms with Crippen LogP contribution in [-0.2, 0) is 4.79 Å². The molecule has 3 aromatic rings. The van der Waals surface area contributed by atoms with Gasteiger partial charge >= 0.3 is 0 Å². The van der Waals surface area contributed by atoms with Gasteiger partial charge in [-0.05, 0) is 36.3 Å². The van der Waals surface area contributed by atoms with Crippen LogP contribution in [0.3, 0.4) is 0 Å². The maximum atomic E-state index is 12.9. The molecule has 4 heteroatoms. The van der Waals surface area contributed by atoms with Gasteiger partial charge in [0.25, 0.3) is 11.8 Å². The third kappa shape index (κ3) is 6.04. The molecule has 0 spiro atoms. The van der Waals surface area contributed by atoms with Crippen molar-refractivity contribution in [3.63, 3.8) is 0 Å². The van der Waals surface area contributed by atoms with Crippen LogP contribution in [0.2, 0.25) is 0 Å². The summed E-state index contributed by atoms with van der Waals surface area (Å²) >= 11 is 0. The molecule has 0 aliphatic heterocycles. The van der Waals surface area contributed by atoms with Crippen LogP contribution in [-0.4, -0.2) is 11.8 Å². The fourth-order valence-electron chi connectivity index (χ4n) is 2.88. The van der Waals surface area contributed by atoms with Crippen LogP contribution in [0.15, 0.2) is 109 Å². The molecule has 4 nitrogen and oxygen atoms in total. The van der Waals surface area contributed by atoms with E-state index in [-0.39, 0.29) is 23.6 Å². The first kappa shape index (κ1) is 20.8. The van der Waals surface area contributed by atoms with Crippen molar-refractivity contribution >= 4 is 17.9 Å².